The number of nitrogens with zero attached hydrogens (tertiary/aromatic N) is 1. The van der Waals surface area contributed by atoms with Crippen molar-refractivity contribution in [1.29, 1.82) is 0 Å². The molecule has 1 aliphatic heterocycles. The van der Waals surface area contributed by atoms with Crippen LogP contribution in [0.3, 0.4) is 0 Å². The van der Waals surface area contributed by atoms with Gasteiger partial charge < -0.3 is 20.1 Å². The third kappa shape index (κ3) is 3.18. The number of carbonyl (C=O) groups excluding carboxylic acids is 1. The molecule has 0 aromatic rings. The van der Waals surface area contributed by atoms with Crippen molar-refractivity contribution < 1.29 is 19.4 Å². The first kappa shape index (κ1) is 14.1. The van der Waals surface area contributed by atoms with E-state index in [2.05, 4.69) is 5.32 Å². The first-order valence-corrected chi connectivity index (χ1v) is 6.96. The number of carboxylic acids is 1. The molecule has 0 radical (unpaired) electrons. The average Bonchev–Trinajstić information content (AvgIpc) is 2.72. The molecule has 6 nitrogen and oxygen atoms in total. The average molecular weight is 270 g/mol. The Bertz CT molecular complexity index is 353. The molecule has 108 valence electrons. The molecule has 6 heteroatoms. The Kier molecular flexibility index (Phi) is 4.29. The molecule has 0 aromatic heterocycles. The number of hydrogen-bond acceptors (Lipinski definition) is 3. The molecule has 2 N–H and O–H groups in total. The Labute approximate surface area is 113 Å². The topological polar surface area (TPSA) is 78.9 Å². The molecule has 1 aliphatic carbocycles. The zero-order chi connectivity index (χ0) is 13.9. The van der Waals surface area contributed by atoms with Crippen LogP contribution in [0.1, 0.15) is 39.0 Å². The summed E-state index contributed by atoms with van der Waals surface area (Å²) in [6.07, 6.45) is 3.54. The van der Waals surface area contributed by atoms with Gasteiger partial charge in [0.2, 0.25) is 0 Å². The fourth-order valence-electron chi connectivity index (χ4n) is 2.83. The zero-order valence-electron chi connectivity index (χ0n) is 11.4. The van der Waals surface area contributed by atoms with Crippen molar-refractivity contribution >= 4 is 12.0 Å². The van der Waals surface area contributed by atoms with Gasteiger partial charge in [-0.2, -0.15) is 0 Å². The van der Waals surface area contributed by atoms with Crippen LogP contribution in [0.4, 0.5) is 4.79 Å². The van der Waals surface area contributed by atoms with E-state index in [-0.39, 0.29) is 12.1 Å². The van der Waals surface area contributed by atoms with E-state index in [9.17, 15) is 14.7 Å². The highest BCUT2D eigenvalue weighted by molar-refractivity contribution is 5.86. The minimum absolute atomic E-state index is 0.00222. The number of urea groups is 1. The summed E-state index contributed by atoms with van der Waals surface area (Å²) in [6, 6.07) is -0.276. The summed E-state index contributed by atoms with van der Waals surface area (Å²) < 4.78 is 5.49. The van der Waals surface area contributed by atoms with Crippen molar-refractivity contribution in [2.45, 2.75) is 50.7 Å². The fourth-order valence-corrected chi connectivity index (χ4v) is 2.83. The Morgan fingerprint density at radius 2 is 2.00 bits per heavy atom. The molecule has 2 aliphatic rings. The second-order valence-corrected chi connectivity index (χ2v) is 5.51. The van der Waals surface area contributed by atoms with E-state index >= 15 is 0 Å². The quantitative estimate of drug-likeness (QED) is 0.790. The van der Waals surface area contributed by atoms with E-state index < -0.39 is 11.5 Å². The van der Waals surface area contributed by atoms with E-state index in [4.69, 9.17) is 4.74 Å². The van der Waals surface area contributed by atoms with Gasteiger partial charge in [-0.05, 0) is 26.2 Å². The molecule has 1 heterocycles. The lowest BCUT2D eigenvalue weighted by atomic mass is 9.98. The number of carbonyl (C=O) groups is 2. The van der Waals surface area contributed by atoms with E-state index in [0.717, 1.165) is 19.3 Å². The molecule has 19 heavy (non-hydrogen) atoms. The van der Waals surface area contributed by atoms with Crippen molar-refractivity contribution in [2.24, 2.45) is 0 Å². The molecule has 1 saturated heterocycles. The van der Waals surface area contributed by atoms with Crippen LogP contribution < -0.4 is 5.32 Å². The summed E-state index contributed by atoms with van der Waals surface area (Å²) in [5.41, 5.74) is -1.06. The summed E-state index contributed by atoms with van der Waals surface area (Å²) >= 11 is 0. The summed E-state index contributed by atoms with van der Waals surface area (Å²) in [6.45, 7) is 3.70. The normalized spacial score (nSPS) is 26.8. The number of aliphatic carboxylic acids is 1. The van der Waals surface area contributed by atoms with E-state index in [0.29, 0.717) is 32.5 Å². The van der Waals surface area contributed by atoms with Gasteiger partial charge in [0, 0.05) is 19.7 Å². The third-order valence-corrected chi connectivity index (χ3v) is 3.95. The van der Waals surface area contributed by atoms with Gasteiger partial charge >= 0.3 is 12.0 Å². The maximum absolute atomic E-state index is 12.3. The molecule has 1 saturated carbocycles. The van der Waals surface area contributed by atoms with Crippen LogP contribution in [0, 0.1) is 0 Å². The summed E-state index contributed by atoms with van der Waals surface area (Å²) in [7, 11) is 0. The van der Waals surface area contributed by atoms with Crippen molar-refractivity contribution in [3.63, 3.8) is 0 Å². The lowest BCUT2D eigenvalue weighted by Crippen LogP contribution is -2.57. The molecule has 0 spiro atoms. The van der Waals surface area contributed by atoms with Crippen molar-refractivity contribution in [3.05, 3.63) is 0 Å². The van der Waals surface area contributed by atoms with Crippen LogP contribution in [-0.2, 0) is 9.53 Å². The second-order valence-electron chi connectivity index (χ2n) is 5.51. The van der Waals surface area contributed by atoms with Gasteiger partial charge in [0.1, 0.15) is 5.54 Å². The largest absolute Gasteiger partial charge is 0.480 e. The monoisotopic (exact) mass is 270 g/mol. The lowest BCUT2D eigenvalue weighted by Gasteiger charge is -2.30. The number of carboxylic acid groups (broad SMARTS) is 1. The standard InChI is InChI=1S/C13H22N2O4/c1-10-9-15(7-4-8-19-10)12(18)14-13(11(16)17)5-2-3-6-13/h10H,2-9H2,1H3,(H,14,18)(H,16,17). The maximum atomic E-state index is 12.3. The second kappa shape index (κ2) is 5.77. The molecular formula is C13H22N2O4. The summed E-state index contributed by atoms with van der Waals surface area (Å²) in [4.78, 5) is 25.3. The lowest BCUT2D eigenvalue weighted by molar-refractivity contribution is -0.144. The highest BCUT2D eigenvalue weighted by atomic mass is 16.5. The van der Waals surface area contributed by atoms with Crippen LogP contribution in [0.15, 0.2) is 0 Å². The van der Waals surface area contributed by atoms with Crippen LogP contribution in [-0.4, -0.2) is 53.3 Å². The van der Waals surface area contributed by atoms with Crippen LogP contribution in [0.2, 0.25) is 0 Å². The van der Waals surface area contributed by atoms with Crippen molar-refractivity contribution in [1.82, 2.24) is 10.2 Å². The first-order chi connectivity index (χ1) is 9.03. The summed E-state index contributed by atoms with van der Waals surface area (Å²) in [5.74, 6) is -0.919. The maximum Gasteiger partial charge on any atom is 0.329 e. The van der Waals surface area contributed by atoms with Gasteiger partial charge in [-0.25, -0.2) is 9.59 Å². The van der Waals surface area contributed by atoms with Gasteiger partial charge in [0.05, 0.1) is 6.10 Å². The number of nitrogens with one attached hydrogen (secondary N) is 1. The Balaban J connectivity index is 2.00. The Morgan fingerprint density at radius 3 is 2.63 bits per heavy atom. The molecule has 2 amide bonds. The Morgan fingerprint density at radius 1 is 1.32 bits per heavy atom. The molecule has 0 aromatic carbocycles. The van der Waals surface area contributed by atoms with Crippen molar-refractivity contribution in [2.75, 3.05) is 19.7 Å². The molecule has 2 fully saturated rings. The van der Waals surface area contributed by atoms with Crippen LogP contribution in [0.5, 0.6) is 0 Å². The highest BCUT2D eigenvalue weighted by Gasteiger charge is 2.43. The van der Waals surface area contributed by atoms with Gasteiger partial charge in [-0.15, -0.1) is 0 Å². The molecule has 0 bridgehead atoms. The highest BCUT2D eigenvalue weighted by Crippen LogP contribution is 2.30. The molecule has 2 rings (SSSR count). The van der Waals surface area contributed by atoms with Gasteiger partial charge in [-0.3, -0.25) is 0 Å². The number of amides is 2. The van der Waals surface area contributed by atoms with Crippen LogP contribution in [0.25, 0.3) is 0 Å². The molecule has 1 unspecified atom stereocenters. The number of ether oxygens (including phenoxy) is 1. The smallest absolute Gasteiger partial charge is 0.329 e. The van der Waals surface area contributed by atoms with Crippen molar-refractivity contribution in [3.8, 4) is 0 Å². The van der Waals surface area contributed by atoms with Gasteiger partial charge in [0.25, 0.3) is 0 Å². The molecular weight excluding hydrogens is 248 g/mol. The van der Waals surface area contributed by atoms with Gasteiger partial charge in [0.15, 0.2) is 0 Å². The zero-order valence-corrected chi connectivity index (χ0v) is 11.4. The third-order valence-electron chi connectivity index (χ3n) is 3.95. The SMILES string of the molecule is CC1CN(C(=O)NC2(C(=O)O)CCCC2)CCCO1. The minimum Gasteiger partial charge on any atom is -0.480 e. The fraction of sp³-hybridized carbons (Fsp3) is 0.846. The van der Waals surface area contributed by atoms with Crippen LogP contribution >= 0.6 is 0 Å². The van der Waals surface area contributed by atoms with Gasteiger partial charge in [-0.1, -0.05) is 12.8 Å². The molecule has 1 atom stereocenters. The predicted octanol–water partition coefficient (Wildman–Crippen LogP) is 1.20. The number of hydrogen-bond donors (Lipinski definition) is 2. The first-order valence-electron chi connectivity index (χ1n) is 6.96. The minimum atomic E-state index is -1.06. The van der Waals surface area contributed by atoms with E-state index in [1.807, 2.05) is 6.92 Å². The number of rotatable bonds is 2. The summed E-state index contributed by atoms with van der Waals surface area (Å²) in [5, 5.41) is 12.1. The Hall–Kier alpha value is -1.30. The van der Waals surface area contributed by atoms with E-state index in [1.54, 1.807) is 4.90 Å². The van der Waals surface area contributed by atoms with E-state index in [1.165, 1.54) is 0 Å². The predicted molar refractivity (Wildman–Crippen MR) is 69.0 cm³/mol.